The molecule has 0 radical (unpaired) electrons. The number of aromatic amines is 2. The summed E-state index contributed by atoms with van der Waals surface area (Å²) in [4.78, 5) is 19.5. The van der Waals surface area contributed by atoms with Crippen molar-refractivity contribution in [3.63, 3.8) is 0 Å². The normalized spacial score (nSPS) is 12.6. The van der Waals surface area contributed by atoms with Gasteiger partial charge in [0.25, 0.3) is 0 Å². The van der Waals surface area contributed by atoms with E-state index >= 15 is 0 Å². The van der Waals surface area contributed by atoms with Gasteiger partial charge >= 0.3 is 0 Å². The Balaban J connectivity index is 1.41. The van der Waals surface area contributed by atoms with Gasteiger partial charge in [0.2, 0.25) is 0 Å². The van der Waals surface area contributed by atoms with Crippen LogP contribution in [0.3, 0.4) is 0 Å². The number of hydrogen-bond acceptors (Lipinski definition) is 7. The van der Waals surface area contributed by atoms with Gasteiger partial charge in [-0.2, -0.15) is 5.10 Å². The fraction of sp³-hybridized carbons (Fsp3) is 0.185. The van der Waals surface area contributed by atoms with Crippen molar-refractivity contribution in [3.05, 3.63) is 66.1 Å². The number of rotatable bonds is 6. The molecule has 1 aromatic carbocycles. The summed E-state index contributed by atoms with van der Waals surface area (Å²) < 4.78 is 0. The summed E-state index contributed by atoms with van der Waals surface area (Å²) in [5, 5.41) is 22.0. The van der Waals surface area contributed by atoms with Crippen LogP contribution in [-0.2, 0) is 0 Å². The second-order valence-electron chi connectivity index (χ2n) is 9.21. The molecule has 8 nitrogen and oxygen atoms in total. The van der Waals surface area contributed by atoms with Gasteiger partial charge in [-0.3, -0.25) is 15.1 Å². The Hall–Kier alpha value is -4.08. The standard InChI is InChI=1S/C27H25N7OS/c1-14(2)27(35)30-18-8-17(10-28-11-18)16-5-6-21-19(9-16)25(34-33-21)26-31-22-13-29-12-20(24(22)32-26)23-7-4-15(3)36-23/h4-14,27,30,35H,1-3H3,(H,31,32)(H,33,34). The summed E-state index contributed by atoms with van der Waals surface area (Å²) in [5.74, 6) is 0.770. The van der Waals surface area contributed by atoms with Gasteiger partial charge in [-0.15, -0.1) is 11.3 Å². The Labute approximate surface area is 211 Å². The van der Waals surface area contributed by atoms with E-state index in [0.717, 1.165) is 54.9 Å². The maximum Gasteiger partial charge on any atom is 0.159 e. The first-order valence-corrected chi connectivity index (χ1v) is 12.6. The van der Waals surface area contributed by atoms with Crippen LogP contribution >= 0.6 is 11.3 Å². The maximum absolute atomic E-state index is 10.2. The zero-order chi connectivity index (χ0) is 24.8. The van der Waals surface area contributed by atoms with Crippen LogP contribution in [-0.4, -0.2) is 41.5 Å². The molecule has 0 aliphatic heterocycles. The Morgan fingerprint density at radius 2 is 1.81 bits per heavy atom. The van der Waals surface area contributed by atoms with Gasteiger partial charge in [-0.1, -0.05) is 19.9 Å². The van der Waals surface area contributed by atoms with E-state index in [1.165, 1.54) is 4.88 Å². The smallest absolute Gasteiger partial charge is 0.159 e. The molecule has 5 aromatic heterocycles. The van der Waals surface area contributed by atoms with Crippen LogP contribution in [0, 0.1) is 12.8 Å². The number of H-pyrrole nitrogens is 2. The molecule has 6 aromatic rings. The third-order valence-electron chi connectivity index (χ3n) is 6.20. The van der Waals surface area contributed by atoms with Crippen LogP contribution in [0.5, 0.6) is 0 Å². The molecular weight excluding hydrogens is 470 g/mol. The molecule has 36 heavy (non-hydrogen) atoms. The lowest BCUT2D eigenvalue weighted by molar-refractivity contribution is 0.153. The Morgan fingerprint density at radius 3 is 2.61 bits per heavy atom. The fourth-order valence-corrected chi connectivity index (χ4v) is 5.07. The van der Waals surface area contributed by atoms with Crippen molar-refractivity contribution in [2.45, 2.75) is 27.0 Å². The van der Waals surface area contributed by atoms with Crippen LogP contribution in [0.4, 0.5) is 5.69 Å². The molecule has 0 aliphatic rings. The predicted molar refractivity (Wildman–Crippen MR) is 145 cm³/mol. The van der Waals surface area contributed by atoms with Gasteiger partial charge in [-0.05, 0) is 48.7 Å². The van der Waals surface area contributed by atoms with E-state index in [-0.39, 0.29) is 5.92 Å². The molecule has 0 saturated heterocycles. The number of anilines is 1. The number of aryl methyl sites for hydroxylation is 1. The van der Waals surface area contributed by atoms with E-state index < -0.39 is 6.23 Å². The lowest BCUT2D eigenvalue weighted by Gasteiger charge is -2.17. The minimum atomic E-state index is -0.643. The molecule has 0 spiro atoms. The number of thiophene rings is 1. The van der Waals surface area contributed by atoms with Gasteiger partial charge in [0, 0.05) is 38.7 Å². The second-order valence-corrected chi connectivity index (χ2v) is 10.5. The summed E-state index contributed by atoms with van der Waals surface area (Å²) in [6.07, 6.45) is 6.55. The van der Waals surface area contributed by atoms with Gasteiger partial charge < -0.3 is 15.4 Å². The van der Waals surface area contributed by atoms with Gasteiger partial charge in [0.05, 0.1) is 29.1 Å². The topological polar surface area (TPSA) is 115 Å². The molecule has 0 fully saturated rings. The summed E-state index contributed by atoms with van der Waals surface area (Å²) in [5.41, 5.74) is 7.11. The molecule has 1 atom stereocenters. The van der Waals surface area contributed by atoms with Gasteiger partial charge in [0.1, 0.15) is 17.4 Å². The highest BCUT2D eigenvalue weighted by molar-refractivity contribution is 7.15. The average molecular weight is 496 g/mol. The highest BCUT2D eigenvalue weighted by Gasteiger charge is 2.17. The van der Waals surface area contributed by atoms with Crippen molar-refractivity contribution >= 4 is 39.0 Å². The first-order chi connectivity index (χ1) is 17.5. The highest BCUT2D eigenvalue weighted by atomic mass is 32.1. The van der Waals surface area contributed by atoms with Crippen molar-refractivity contribution in [2.75, 3.05) is 5.32 Å². The van der Waals surface area contributed by atoms with Crippen molar-refractivity contribution in [3.8, 4) is 33.1 Å². The number of pyridine rings is 2. The first-order valence-electron chi connectivity index (χ1n) is 11.8. The number of hydrogen-bond donors (Lipinski definition) is 4. The highest BCUT2D eigenvalue weighted by Crippen LogP contribution is 2.35. The lowest BCUT2D eigenvalue weighted by atomic mass is 10.0. The minimum Gasteiger partial charge on any atom is -0.374 e. The first kappa shape index (κ1) is 22.4. The van der Waals surface area contributed by atoms with E-state index in [1.807, 2.05) is 44.4 Å². The van der Waals surface area contributed by atoms with E-state index in [0.29, 0.717) is 5.82 Å². The Kier molecular flexibility index (Phi) is 5.50. The van der Waals surface area contributed by atoms with Gasteiger partial charge in [-0.25, -0.2) is 4.98 Å². The van der Waals surface area contributed by atoms with E-state index in [9.17, 15) is 5.11 Å². The molecule has 6 rings (SSSR count). The molecular formula is C27H25N7OS. The summed E-state index contributed by atoms with van der Waals surface area (Å²) >= 11 is 1.73. The Morgan fingerprint density at radius 1 is 0.944 bits per heavy atom. The molecule has 0 aliphatic carbocycles. The minimum absolute atomic E-state index is 0.0851. The van der Waals surface area contributed by atoms with Gasteiger partial charge in [0.15, 0.2) is 5.82 Å². The third-order valence-corrected chi connectivity index (χ3v) is 7.24. The predicted octanol–water partition coefficient (Wildman–Crippen LogP) is 5.99. The van der Waals surface area contributed by atoms with Crippen LogP contribution in [0.1, 0.15) is 18.7 Å². The number of nitrogens with zero attached hydrogens (tertiary/aromatic N) is 4. The third kappa shape index (κ3) is 4.02. The molecule has 1 unspecified atom stereocenters. The van der Waals surface area contributed by atoms with Crippen molar-refractivity contribution in [1.29, 1.82) is 0 Å². The molecule has 180 valence electrons. The molecule has 4 N–H and O–H groups in total. The molecule has 5 heterocycles. The quantitative estimate of drug-likeness (QED) is 0.211. The van der Waals surface area contributed by atoms with Crippen LogP contribution in [0.25, 0.3) is 55.0 Å². The fourth-order valence-electron chi connectivity index (χ4n) is 4.19. The zero-order valence-corrected chi connectivity index (χ0v) is 20.9. The molecule has 0 bridgehead atoms. The average Bonchev–Trinajstić information content (AvgIpc) is 3.61. The monoisotopic (exact) mass is 495 g/mol. The molecule has 0 saturated carbocycles. The van der Waals surface area contributed by atoms with Crippen LogP contribution in [0.15, 0.2) is 61.2 Å². The van der Waals surface area contributed by atoms with Crippen molar-refractivity contribution < 1.29 is 5.11 Å². The number of aromatic nitrogens is 6. The summed E-state index contributed by atoms with van der Waals surface area (Å²) in [7, 11) is 0. The maximum atomic E-state index is 10.2. The van der Waals surface area contributed by atoms with Crippen molar-refractivity contribution in [1.82, 2.24) is 30.1 Å². The summed E-state index contributed by atoms with van der Waals surface area (Å²) in [6.45, 7) is 6.02. The van der Waals surface area contributed by atoms with Crippen molar-refractivity contribution in [2.24, 2.45) is 5.92 Å². The van der Waals surface area contributed by atoms with E-state index in [2.05, 4.69) is 55.6 Å². The SMILES string of the molecule is Cc1ccc(-c2cncc3[nH]c(-c4n[nH]c5ccc(-c6cncc(NC(O)C(C)C)c6)cc45)nc23)s1. The second kappa shape index (κ2) is 8.85. The number of fused-ring (bicyclic) bond motifs is 2. The number of aliphatic hydroxyl groups is 1. The zero-order valence-electron chi connectivity index (χ0n) is 20.1. The molecule has 0 amide bonds. The van der Waals surface area contributed by atoms with Crippen LogP contribution in [0.2, 0.25) is 0 Å². The Bertz CT molecular complexity index is 1700. The van der Waals surface area contributed by atoms with E-state index in [1.54, 1.807) is 23.7 Å². The lowest BCUT2D eigenvalue weighted by Crippen LogP contribution is -2.24. The number of imidazole rings is 1. The number of benzene rings is 1. The number of nitrogens with one attached hydrogen (secondary N) is 3. The molecule has 9 heteroatoms. The largest absolute Gasteiger partial charge is 0.374 e. The number of aliphatic hydroxyl groups excluding tert-OH is 1. The summed E-state index contributed by atoms with van der Waals surface area (Å²) in [6, 6.07) is 12.3. The van der Waals surface area contributed by atoms with E-state index in [4.69, 9.17) is 4.98 Å². The van der Waals surface area contributed by atoms with Crippen LogP contribution < -0.4 is 5.32 Å².